The van der Waals surface area contributed by atoms with Crippen molar-refractivity contribution in [1.82, 2.24) is 0 Å². The predicted molar refractivity (Wildman–Crippen MR) is 77.7 cm³/mol. The van der Waals surface area contributed by atoms with Crippen LogP contribution in [0.2, 0.25) is 0 Å². The molecule has 0 aliphatic carbocycles. The molecule has 1 aromatic carbocycles. The van der Waals surface area contributed by atoms with Crippen LogP contribution in [0.25, 0.3) is 0 Å². The number of ether oxygens (including phenoxy) is 2. The van der Waals surface area contributed by atoms with Crippen LogP contribution in [0, 0.1) is 6.92 Å². The van der Waals surface area contributed by atoms with Gasteiger partial charge in [-0.05, 0) is 38.3 Å². The zero-order valence-electron chi connectivity index (χ0n) is 11.7. The molecule has 0 spiro atoms. The van der Waals surface area contributed by atoms with Gasteiger partial charge in [0.1, 0.15) is 0 Å². The highest BCUT2D eigenvalue weighted by Crippen LogP contribution is 2.09. The Morgan fingerprint density at radius 3 is 2.47 bits per heavy atom. The monoisotopic (exact) mass is 283 g/mol. The van der Waals surface area contributed by atoms with Crippen molar-refractivity contribution in [3.63, 3.8) is 0 Å². The number of benzene rings is 1. The second-order valence-electron chi connectivity index (χ2n) is 4.18. The van der Waals surface area contributed by atoms with E-state index in [9.17, 15) is 4.21 Å². The molecule has 4 nitrogen and oxygen atoms in total. The van der Waals surface area contributed by atoms with Crippen molar-refractivity contribution >= 4 is 17.2 Å². The smallest absolute Gasteiger partial charge is 0.172 e. The molecule has 0 unspecified atom stereocenters. The van der Waals surface area contributed by atoms with Crippen LogP contribution in [-0.4, -0.2) is 30.9 Å². The first-order valence-electron chi connectivity index (χ1n) is 6.24. The van der Waals surface area contributed by atoms with Crippen molar-refractivity contribution in [3.05, 3.63) is 29.8 Å². The van der Waals surface area contributed by atoms with Crippen LogP contribution < -0.4 is 0 Å². The summed E-state index contributed by atoms with van der Waals surface area (Å²) >= 11 is 0. The van der Waals surface area contributed by atoms with E-state index in [2.05, 4.69) is 4.40 Å². The molecule has 0 bridgehead atoms. The fourth-order valence-electron chi connectivity index (χ4n) is 1.54. The van der Waals surface area contributed by atoms with Crippen LogP contribution in [0.4, 0.5) is 0 Å². The number of hydrogen-bond donors (Lipinski definition) is 0. The Balaban J connectivity index is 2.32. The highest BCUT2D eigenvalue weighted by atomic mass is 32.2. The van der Waals surface area contributed by atoms with E-state index in [0.717, 1.165) is 29.7 Å². The summed E-state index contributed by atoms with van der Waals surface area (Å²) in [6.45, 7) is 2.00. The molecular weight excluding hydrogens is 262 g/mol. The minimum atomic E-state index is -1.30. The number of hydrogen-bond acceptors (Lipinski definition) is 3. The Morgan fingerprint density at radius 1 is 1.26 bits per heavy atom. The summed E-state index contributed by atoms with van der Waals surface area (Å²) < 4.78 is 26.0. The fourth-order valence-corrected chi connectivity index (χ4v) is 2.28. The molecule has 0 saturated carbocycles. The predicted octanol–water partition coefficient (Wildman–Crippen LogP) is 2.88. The summed E-state index contributed by atoms with van der Waals surface area (Å²) in [4.78, 5) is 0.730. The molecule has 0 amide bonds. The molecule has 1 atom stereocenters. The summed E-state index contributed by atoms with van der Waals surface area (Å²) in [6, 6.07) is 7.55. The SMILES string of the molecule is COC(CCC/C=N/[S@@](=O)c1ccc(C)cc1)OC. The van der Waals surface area contributed by atoms with Gasteiger partial charge in [0.05, 0.1) is 4.90 Å². The van der Waals surface area contributed by atoms with Gasteiger partial charge in [-0.15, -0.1) is 0 Å². The summed E-state index contributed by atoms with van der Waals surface area (Å²) in [6.07, 6.45) is 3.99. The molecule has 0 aromatic heterocycles. The van der Waals surface area contributed by atoms with Gasteiger partial charge in [0.15, 0.2) is 17.3 Å². The first-order valence-corrected chi connectivity index (χ1v) is 7.34. The zero-order valence-corrected chi connectivity index (χ0v) is 12.5. The van der Waals surface area contributed by atoms with Gasteiger partial charge in [-0.2, -0.15) is 4.40 Å². The lowest BCUT2D eigenvalue weighted by atomic mass is 10.2. The van der Waals surface area contributed by atoms with Crippen LogP contribution in [0.1, 0.15) is 24.8 Å². The van der Waals surface area contributed by atoms with Crippen molar-refractivity contribution in [2.45, 2.75) is 37.4 Å². The lowest BCUT2D eigenvalue weighted by Gasteiger charge is -2.11. The summed E-state index contributed by atoms with van der Waals surface area (Å²) in [5.74, 6) is 0. The standard InChI is InChI=1S/C14H21NO3S/c1-12-7-9-13(10-8-12)19(16)15-11-5-4-6-14(17-2)18-3/h7-11,14H,4-6H2,1-3H3/b15-11+/t19-/m0/s1. The van der Waals surface area contributed by atoms with Crippen LogP contribution in [0.3, 0.4) is 0 Å². The van der Waals surface area contributed by atoms with Gasteiger partial charge in [-0.3, -0.25) is 0 Å². The van der Waals surface area contributed by atoms with E-state index < -0.39 is 11.0 Å². The third-order valence-corrected chi connectivity index (χ3v) is 3.71. The molecule has 1 aromatic rings. The molecule has 106 valence electrons. The van der Waals surface area contributed by atoms with Crippen LogP contribution in [0.5, 0.6) is 0 Å². The van der Waals surface area contributed by atoms with E-state index in [4.69, 9.17) is 9.47 Å². The number of aryl methyl sites for hydroxylation is 1. The first kappa shape index (κ1) is 16.0. The maximum Gasteiger partial charge on any atom is 0.172 e. The highest BCUT2D eigenvalue weighted by molar-refractivity contribution is 7.83. The van der Waals surface area contributed by atoms with E-state index in [0.29, 0.717) is 0 Å². The second-order valence-corrected chi connectivity index (χ2v) is 5.36. The molecule has 5 heteroatoms. The minimum Gasteiger partial charge on any atom is -0.356 e. The molecule has 19 heavy (non-hydrogen) atoms. The molecule has 0 heterocycles. The lowest BCUT2D eigenvalue weighted by Crippen LogP contribution is -2.12. The van der Waals surface area contributed by atoms with Crippen LogP contribution in [-0.2, 0) is 20.5 Å². The Bertz CT molecular complexity index is 413. The van der Waals surface area contributed by atoms with Crippen LogP contribution >= 0.6 is 0 Å². The molecular formula is C14H21NO3S. The molecule has 0 saturated heterocycles. The summed E-state index contributed by atoms with van der Waals surface area (Å²) in [5, 5.41) is 0. The van der Waals surface area contributed by atoms with Gasteiger partial charge in [0, 0.05) is 20.4 Å². The maximum atomic E-state index is 11.8. The van der Waals surface area contributed by atoms with E-state index in [1.807, 2.05) is 31.2 Å². The van der Waals surface area contributed by atoms with Crippen LogP contribution in [0.15, 0.2) is 33.6 Å². The number of unbranched alkanes of at least 4 members (excludes halogenated alkanes) is 1. The Kier molecular flexibility index (Phi) is 7.55. The molecule has 0 fully saturated rings. The largest absolute Gasteiger partial charge is 0.356 e. The highest BCUT2D eigenvalue weighted by Gasteiger charge is 2.03. The van der Waals surface area contributed by atoms with Crippen molar-refractivity contribution < 1.29 is 13.7 Å². The van der Waals surface area contributed by atoms with Gasteiger partial charge < -0.3 is 9.47 Å². The average Bonchev–Trinajstić information content (AvgIpc) is 2.43. The Hall–Kier alpha value is -1.04. The second kappa shape index (κ2) is 8.96. The zero-order chi connectivity index (χ0) is 14.1. The third-order valence-electron chi connectivity index (χ3n) is 2.69. The quantitative estimate of drug-likeness (QED) is 0.419. The van der Waals surface area contributed by atoms with Crippen molar-refractivity contribution in [2.75, 3.05) is 14.2 Å². The number of rotatable bonds is 8. The van der Waals surface area contributed by atoms with Gasteiger partial charge in [-0.25, -0.2) is 4.21 Å². The summed E-state index contributed by atoms with van der Waals surface area (Å²) in [5.41, 5.74) is 1.15. The van der Waals surface area contributed by atoms with Crippen molar-refractivity contribution in [3.8, 4) is 0 Å². The molecule has 0 aliphatic rings. The molecule has 0 radical (unpaired) electrons. The van der Waals surface area contributed by atoms with E-state index in [1.54, 1.807) is 20.4 Å². The van der Waals surface area contributed by atoms with Crippen molar-refractivity contribution in [1.29, 1.82) is 0 Å². The Morgan fingerprint density at radius 2 is 1.89 bits per heavy atom. The third kappa shape index (κ3) is 6.09. The molecule has 0 N–H and O–H groups in total. The average molecular weight is 283 g/mol. The molecule has 0 aliphatic heterocycles. The Labute approximate surface area is 117 Å². The number of nitrogens with zero attached hydrogens (tertiary/aromatic N) is 1. The van der Waals surface area contributed by atoms with Gasteiger partial charge in [-0.1, -0.05) is 17.7 Å². The van der Waals surface area contributed by atoms with E-state index >= 15 is 0 Å². The van der Waals surface area contributed by atoms with Gasteiger partial charge in [0.25, 0.3) is 0 Å². The van der Waals surface area contributed by atoms with E-state index in [-0.39, 0.29) is 6.29 Å². The maximum absolute atomic E-state index is 11.8. The normalized spacial score (nSPS) is 13.3. The fraction of sp³-hybridized carbons (Fsp3) is 0.500. The van der Waals surface area contributed by atoms with Gasteiger partial charge in [0.2, 0.25) is 0 Å². The number of methoxy groups -OCH3 is 2. The summed E-state index contributed by atoms with van der Waals surface area (Å²) in [7, 11) is 1.94. The lowest BCUT2D eigenvalue weighted by molar-refractivity contribution is -0.106. The topological polar surface area (TPSA) is 47.9 Å². The van der Waals surface area contributed by atoms with Gasteiger partial charge >= 0.3 is 0 Å². The van der Waals surface area contributed by atoms with Crippen molar-refractivity contribution in [2.24, 2.45) is 4.40 Å². The minimum absolute atomic E-state index is 0.170. The molecule has 1 rings (SSSR count). The van der Waals surface area contributed by atoms with E-state index in [1.165, 1.54) is 0 Å². The first-order chi connectivity index (χ1) is 9.17.